The molecule has 1 heterocycles. The normalized spacial score (nSPS) is 15.9. The molecule has 7 nitrogen and oxygen atoms in total. The summed E-state index contributed by atoms with van der Waals surface area (Å²) in [6, 6.07) is 11.2. The fraction of sp³-hybridized carbons (Fsp3) is 0.250. The zero-order chi connectivity index (χ0) is 20.3. The number of rotatable bonds is 5. The topological polar surface area (TPSA) is 91.7 Å². The monoisotopic (exact) mass is 399 g/mol. The third kappa shape index (κ3) is 4.02. The van der Waals surface area contributed by atoms with Gasteiger partial charge in [0.15, 0.2) is 0 Å². The SMILES string of the molecule is COc1ccc(Oc2ccc(C#N)c(Cl)c2)cc1NC(=O)C1CCC(=O)N1C. The maximum atomic E-state index is 12.6. The van der Waals surface area contributed by atoms with Gasteiger partial charge in [0.05, 0.1) is 23.4 Å². The average molecular weight is 400 g/mol. The molecule has 1 aliphatic heterocycles. The van der Waals surface area contributed by atoms with E-state index >= 15 is 0 Å². The van der Waals surface area contributed by atoms with Crippen molar-refractivity contribution >= 4 is 29.1 Å². The number of hydrogen-bond donors (Lipinski definition) is 1. The number of carbonyl (C=O) groups is 2. The lowest BCUT2D eigenvalue weighted by Crippen LogP contribution is -2.38. The summed E-state index contributed by atoms with van der Waals surface area (Å²) < 4.78 is 11.1. The van der Waals surface area contributed by atoms with Crippen LogP contribution in [0.25, 0.3) is 0 Å². The van der Waals surface area contributed by atoms with Crippen LogP contribution in [-0.4, -0.2) is 36.9 Å². The second-order valence-corrected chi connectivity index (χ2v) is 6.67. The van der Waals surface area contributed by atoms with E-state index in [1.54, 1.807) is 43.4 Å². The molecule has 1 fully saturated rings. The van der Waals surface area contributed by atoms with Crippen molar-refractivity contribution in [3.05, 3.63) is 47.0 Å². The molecule has 2 aromatic carbocycles. The van der Waals surface area contributed by atoms with Crippen LogP contribution in [0.3, 0.4) is 0 Å². The van der Waals surface area contributed by atoms with Gasteiger partial charge in [-0.05, 0) is 30.7 Å². The van der Waals surface area contributed by atoms with E-state index in [0.717, 1.165) is 0 Å². The van der Waals surface area contributed by atoms with Crippen LogP contribution in [0.5, 0.6) is 17.2 Å². The molecular formula is C20H18ClN3O4. The van der Waals surface area contributed by atoms with Crippen LogP contribution in [0.4, 0.5) is 5.69 Å². The lowest BCUT2D eigenvalue weighted by atomic mass is 10.2. The van der Waals surface area contributed by atoms with Crippen molar-refractivity contribution in [1.82, 2.24) is 4.90 Å². The predicted octanol–water partition coefficient (Wildman–Crippen LogP) is 3.57. The molecule has 0 radical (unpaired) electrons. The summed E-state index contributed by atoms with van der Waals surface area (Å²) in [7, 11) is 3.11. The summed E-state index contributed by atoms with van der Waals surface area (Å²) in [5.41, 5.74) is 0.782. The number of carbonyl (C=O) groups excluding carboxylic acids is 2. The van der Waals surface area contributed by atoms with Crippen LogP contribution >= 0.6 is 11.6 Å². The Morgan fingerprint density at radius 3 is 2.61 bits per heavy atom. The standard InChI is InChI=1S/C20H18ClN3O4/c1-24-17(6-8-19(24)25)20(26)23-16-10-14(5-7-18(16)27-2)28-13-4-3-12(11-22)15(21)9-13/h3-5,7,9-10,17H,6,8H2,1-2H3,(H,23,26). The van der Waals surface area contributed by atoms with Gasteiger partial charge in [-0.3, -0.25) is 9.59 Å². The van der Waals surface area contributed by atoms with Crippen molar-refractivity contribution < 1.29 is 19.1 Å². The van der Waals surface area contributed by atoms with E-state index in [9.17, 15) is 9.59 Å². The van der Waals surface area contributed by atoms with Gasteiger partial charge in [-0.1, -0.05) is 11.6 Å². The molecule has 0 aromatic heterocycles. The highest BCUT2D eigenvalue weighted by atomic mass is 35.5. The third-order valence-electron chi connectivity index (χ3n) is 4.52. The Hall–Kier alpha value is -3.24. The van der Waals surface area contributed by atoms with Crippen molar-refractivity contribution in [2.75, 3.05) is 19.5 Å². The lowest BCUT2D eigenvalue weighted by molar-refractivity contribution is -0.131. The van der Waals surface area contributed by atoms with E-state index in [2.05, 4.69) is 5.32 Å². The Labute approximate surface area is 167 Å². The predicted molar refractivity (Wildman–Crippen MR) is 104 cm³/mol. The van der Waals surface area contributed by atoms with Crippen molar-refractivity contribution in [1.29, 1.82) is 5.26 Å². The summed E-state index contributed by atoms with van der Waals surface area (Å²) in [5.74, 6) is 1.03. The van der Waals surface area contributed by atoms with E-state index in [-0.39, 0.29) is 16.8 Å². The zero-order valence-electron chi connectivity index (χ0n) is 15.4. The van der Waals surface area contributed by atoms with E-state index in [0.29, 0.717) is 41.3 Å². The summed E-state index contributed by atoms with van der Waals surface area (Å²) in [6.07, 6.45) is 0.831. The minimum Gasteiger partial charge on any atom is -0.495 e. The van der Waals surface area contributed by atoms with Crippen molar-refractivity contribution in [2.45, 2.75) is 18.9 Å². The number of ether oxygens (including phenoxy) is 2. The molecular weight excluding hydrogens is 382 g/mol. The van der Waals surface area contributed by atoms with E-state index < -0.39 is 6.04 Å². The fourth-order valence-corrected chi connectivity index (χ4v) is 3.17. The van der Waals surface area contributed by atoms with Gasteiger partial charge >= 0.3 is 0 Å². The van der Waals surface area contributed by atoms with Crippen LogP contribution in [0.2, 0.25) is 5.02 Å². The molecule has 2 aromatic rings. The molecule has 1 saturated heterocycles. The van der Waals surface area contributed by atoms with Gasteiger partial charge in [-0.2, -0.15) is 5.26 Å². The maximum absolute atomic E-state index is 12.6. The second kappa shape index (κ2) is 8.19. The Morgan fingerprint density at radius 1 is 1.29 bits per heavy atom. The molecule has 1 N–H and O–H groups in total. The quantitative estimate of drug-likeness (QED) is 0.829. The van der Waals surface area contributed by atoms with Gasteiger partial charge in [-0.25, -0.2) is 0 Å². The third-order valence-corrected chi connectivity index (χ3v) is 4.83. The molecule has 3 rings (SSSR count). The second-order valence-electron chi connectivity index (χ2n) is 6.27. The number of nitriles is 1. The van der Waals surface area contributed by atoms with Crippen molar-refractivity contribution in [3.63, 3.8) is 0 Å². The molecule has 0 aliphatic carbocycles. The number of likely N-dealkylation sites (N-methyl/N-ethyl adjacent to an activating group) is 1. The lowest BCUT2D eigenvalue weighted by Gasteiger charge is -2.20. The van der Waals surface area contributed by atoms with Crippen LogP contribution in [0, 0.1) is 11.3 Å². The number of nitrogens with zero attached hydrogens (tertiary/aromatic N) is 2. The largest absolute Gasteiger partial charge is 0.495 e. The molecule has 8 heteroatoms. The molecule has 0 bridgehead atoms. The molecule has 28 heavy (non-hydrogen) atoms. The molecule has 0 spiro atoms. The first kappa shape index (κ1) is 19.5. The van der Waals surface area contributed by atoms with Crippen LogP contribution in [0.15, 0.2) is 36.4 Å². The number of likely N-dealkylation sites (tertiary alicyclic amines) is 1. The van der Waals surface area contributed by atoms with E-state index in [1.165, 1.54) is 12.0 Å². The van der Waals surface area contributed by atoms with Gasteiger partial charge in [-0.15, -0.1) is 0 Å². The summed E-state index contributed by atoms with van der Waals surface area (Å²) in [6.45, 7) is 0. The van der Waals surface area contributed by atoms with Gasteiger partial charge < -0.3 is 19.7 Å². The first-order valence-corrected chi connectivity index (χ1v) is 8.92. The minimum atomic E-state index is -0.515. The van der Waals surface area contributed by atoms with Gasteiger partial charge in [0.25, 0.3) is 0 Å². The highest BCUT2D eigenvalue weighted by Gasteiger charge is 2.33. The van der Waals surface area contributed by atoms with Crippen LogP contribution in [-0.2, 0) is 9.59 Å². The maximum Gasteiger partial charge on any atom is 0.247 e. The molecule has 1 unspecified atom stereocenters. The van der Waals surface area contributed by atoms with Gasteiger partial charge in [0.1, 0.15) is 29.4 Å². The van der Waals surface area contributed by atoms with Gasteiger partial charge in [0, 0.05) is 25.6 Å². The summed E-state index contributed by atoms with van der Waals surface area (Å²) in [4.78, 5) is 25.7. The Kier molecular flexibility index (Phi) is 5.71. The summed E-state index contributed by atoms with van der Waals surface area (Å²) >= 11 is 6.03. The average Bonchev–Trinajstić information content (AvgIpc) is 3.01. The number of nitrogens with one attached hydrogen (secondary N) is 1. The fourth-order valence-electron chi connectivity index (χ4n) is 2.96. The minimum absolute atomic E-state index is 0.0538. The highest BCUT2D eigenvalue weighted by Crippen LogP contribution is 2.33. The first-order chi connectivity index (χ1) is 13.4. The van der Waals surface area contributed by atoms with E-state index in [4.69, 9.17) is 26.3 Å². The number of anilines is 1. The smallest absolute Gasteiger partial charge is 0.247 e. The number of amides is 2. The molecule has 0 saturated carbocycles. The number of methoxy groups -OCH3 is 1. The molecule has 1 atom stereocenters. The molecule has 1 aliphatic rings. The number of benzene rings is 2. The number of hydrogen-bond acceptors (Lipinski definition) is 5. The summed E-state index contributed by atoms with van der Waals surface area (Å²) in [5, 5.41) is 12.0. The first-order valence-electron chi connectivity index (χ1n) is 8.55. The Bertz CT molecular complexity index is 970. The van der Waals surface area contributed by atoms with Gasteiger partial charge in [0.2, 0.25) is 11.8 Å². The van der Waals surface area contributed by atoms with Crippen LogP contribution < -0.4 is 14.8 Å². The van der Waals surface area contributed by atoms with Crippen molar-refractivity contribution in [3.8, 4) is 23.3 Å². The Morgan fingerprint density at radius 2 is 2.00 bits per heavy atom. The number of halogens is 1. The van der Waals surface area contributed by atoms with Crippen molar-refractivity contribution in [2.24, 2.45) is 0 Å². The molecule has 2 amide bonds. The van der Waals surface area contributed by atoms with E-state index in [1.807, 2.05) is 6.07 Å². The molecule has 144 valence electrons. The van der Waals surface area contributed by atoms with Crippen LogP contribution in [0.1, 0.15) is 18.4 Å². The Balaban J connectivity index is 1.80. The highest BCUT2D eigenvalue weighted by molar-refractivity contribution is 6.31. The zero-order valence-corrected chi connectivity index (χ0v) is 16.1.